The lowest BCUT2D eigenvalue weighted by atomic mass is 9.97. The molecule has 0 saturated carbocycles. The molecule has 8 nitrogen and oxygen atoms in total. The van der Waals surface area contributed by atoms with Gasteiger partial charge in [0.2, 0.25) is 0 Å². The molecule has 1 aromatic carbocycles. The Morgan fingerprint density at radius 3 is 2.93 bits per heavy atom. The minimum Gasteiger partial charge on any atom is -0.468 e. The molecule has 3 heterocycles. The van der Waals surface area contributed by atoms with Crippen molar-refractivity contribution in [1.82, 2.24) is 15.3 Å². The van der Waals surface area contributed by atoms with Crippen molar-refractivity contribution in [3.05, 3.63) is 70.8 Å². The normalized spacial score (nSPS) is 14.7. The number of nitrogens with zero attached hydrogens (tertiary/aromatic N) is 2. The fourth-order valence-corrected chi connectivity index (χ4v) is 3.47. The number of aromatic nitrogens is 2. The highest BCUT2D eigenvalue weighted by atomic mass is 35.5. The van der Waals surface area contributed by atoms with Gasteiger partial charge in [0.1, 0.15) is 17.4 Å². The van der Waals surface area contributed by atoms with Gasteiger partial charge in [0, 0.05) is 29.3 Å². The molecule has 0 fully saturated rings. The van der Waals surface area contributed by atoms with Crippen LogP contribution in [0.1, 0.15) is 16.1 Å². The van der Waals surface area contributed by atoms with Crippen LogP contribution in [0.3, 0.4) is 0 Å². The first-order chi connectivity index (χ1) is 14.5. The third kappa shape index (κ3) is 3.77. The zero-order valence-corrected chi connectivity index (χ0v) is 16.7. The van der Waals surface area contributed by atoms with E-state index in [0.29, 0.717) is 34.0 Å². The number of H-pyrrole nitrogens is 1. The number of carbonyl (C=O) groups excluding carboxylic acids is 3. The minimum absolute atomic E-state index is 0.215. The largest absolute Gasteiger partial charge is 0.468 e. The molecule has 0 atom stereocenters. The summed E-state index contributed by atoms with van der Waals surface area (Å²) in [6, 6.07) is 10.6. The Hall–Kier alpha value is -3.65. The van der Waals surface area contributed by atoms with E-state index in [-0.39, 0.29) is 12.5 Å². The SMILES string of the molecule is COC(=O)CN1C(=O)/C(=C\NC(=O)c2cc3cc(Cl)ncc3[nH]2)Cc2ccccc21. The summed E-state index contributed by atoms with van der Waals surface area (Å²) in [7, 11) is 1.27. The van der Waals surface area contributed by atoms with Gasteiger partial charge in [0.15, 0.2) is 0 Å². The number of benzene rings is 1. The smallest absolute Gasteiger partial charge is 0.325 e. The number of rotatable bonds is 4. The van der Waals surface area contributed by atoms with Gasteiger partial charge >= 0.3 is 5.97 Å². The van der Waals surface area contributed by atoms with Crippen molar-refractivity contribution in [3.8, 4) is 0 Å². The fraction of sp³-hybridized carbons (Fsp3) is 0.143. The monoisotopic (exact) mass is 424 g/mol. The molecular weight excluding hydrogens is 408 g/mol. The van der Waals surface area contributed by atoms with Gasteiger partial charge in [-0.25, -0.2) is 4.98 Å². The van der Waals surface area contributed by atoms with E-state index < -0.39 is 11.9 Å². The molecule has 0 radical (unpaired) electrons. The number of carbonyl (C=O) groups is 3. The third-order valence-corrected chi connectivity index (χ3v) is 5.00. The van der Waals surface area contributed by atoms with Gasteiger partial charge in [-0.3, -0.25) is 19.3 Å². The van der Waals surface area contributed by atoms with Crippen LogP contribution >= 0.6 is 11.6 Å². The van der Waals surface area contributed by atoms with E-state index >= 15 is 0 Å². The lowest BCUT2D eigenvalue weighted by Crippen LogP contribution is -2.41. The van der Waals surface area contributed by atoms with Crippen LogP contribution in [0.4, 0.5) is 5.69 Å². The number of para-hydroxylation sites is 1. The fourth-order valence-electron chi connectivity index (χ4n) is 3.31. The number of halogens is 1. The Labute approximate surface area is 176 Å². The maximum Gasteiger partial charge on any atom is 0.325 e. The molecule has 4 rings (SSSR count). The van der Waals surface area contributed by atoms with Crippen LogP contribution in [0.5, 0.6) is 0 Å². The molecule has 0 bridgehead atoms. The first-order valence-corrected chi connectivity index (χ1v) is 9.45. The average molecular weight is 425 g/mol. The van der Waals surface area contributed by atoms with E-state index in [1.54, 1.807) is 30.5 Å². The Morgan fingerprint density at radius 2 is 2.13 bits per heavy atom. The summed E-state index contributed by atoms with van der Waals surface area (Å²) < 4.78 is 4.70. The van der Waals surface area contributed by atoms with Gasteiger partial charge in [0.05, 0.1) is 18.8 Å². The Bertz CT molecular complexity index is 1200. The highest BCUT2D eigenvalue weighted by Crippen LogP contribution is 2.30. The number of ether oxygens (including phenoxy) is 1. The number of aromatic amines is 1. The number of amides is 2. The second-order valence-corrected chi connectivity index (χ2v) is 7.08. The van der Waals surface area contributed by atoms with Gasteiger partial charge in [-0.15, -0.1) is 0 Å². The summed E-state index contributed by atoms with van der Waals surface area (Å²) in [6.07, 6.45) is 3.25. The Kier molecular flexibility index (Phi) is 5.24. The summed E-state index contributed by atoms with van der Waals surface area (Å²) in [6.45, 7) is -0.215. The molecule has 0 saturated heterocycles. The molecule has 9 heteroatoms. The molecule has 1 aliphatic heterocycles. The molecule has 3 aromatic rings. The zero-order chi connectivity index (χ0) is 21.3. The predicted molar refractivity (Wildman–Crippen MR) is 111 cm³/mol. The van der Waals surface area contributed by atoms with E-state index in [1.165, 1.54) is 18.2 Å². The van der Waals surface area contributed by atoms with E-state index in [4.69, 9.17) is 16.3 Å². The van der Waals surface area contributed by atoms with Gasteiger partial charge in [-0.05, 0) is 23.8 Å². The van der Waals surface area contributed by atoms with Gasteiger partial charge in [-0.1, -0.05) is 29.8 Å². The van der Waals surface area contributed by atoms with Crippen molar-refractivity contribution in [1.29, 1.82) is 0 Å². The molecule has 152 valence electrons. The Morgan fingerprint density at radius 1 is 1.33 bits per heavy atom. The molecule has 0 spiro atoms. The van der Waals surface area contributed by atoms with Crippen molar-refractivity contribution in [3.63, 3.8) is 0 Å². The number of nitrogens with one attached hydrogen (secondary N) is 2. The van der Waals surface area contributed by atoms with E-state index in [1.807, 2.05) is 12.1 Å². The molecule has 2 amide bonds. The number of hydrogen-bond acceptors (Lipinski definition) is 5. The van der Waals surface area contributed by atoms with Gasteiger partial charge in [-0.2, -0.15) is 0 Å². The van der Waals surface area contributed by atoms with Crippen LogP contribution in [0, 0.1) is 0 Å². The van der Waals surface area contributed by atoms with Crippen molar-refractivity contribution in [2.45, 2.75) is 6.42 Å². The van der Waals surface area contributed by atoms with Crippen LogP contribution in [-0.2, 0) is 20.7 Å². The van der Waals surface area contributed by atoms with Crippen molar-refractivity contribution in [2.75, 3.05) is 18.6 Å². The van der Waals surface area contributed by atoms with Crippen LogP contribution in [0.2, 0.25) is 5.15 Å². The number of pyridine rings is 1. The van der Waals surface area contributed by atoms with Gasteiger partial charge < -0.3 is 15.0 Å². The van der Waals surface area contributed by atoms with E-state index in [2.05, 4.69) is 15.3 Å². The third-order valence-electron chi connectivity index (χ3n) is 4.79. The Balaban J connectivity index is 1.58. The average Bonchev–Trinajstić information content (AvgIpc) is 3.17. The molecule has 2 aromatic heterocycles. The van der Waals surface area contributed by atoms with Crippen LogP contribution in [0.25, 0.3) is 10.9 Å². The van der Waals surface area contributed by atoms with Gasteiger partial charge in [0.25, 0.3) is 11.8 Å². The summed E-state index contributed by atoms with van der Waals surface area (Å²) in [5.41, 5.74) is 2.85. The maximum atomic E-state index is 12.9. The quantitative estimate of drug-likeness (QED) is 0.380. The van der Waals surface area contributed by atoms with Crippen LogP contribution in [0.15, 0.2) is 54.4 Å². The maximum absolute atomic E-state index is 12.9. The molecule has 1 aliphatic rings. The lowest BCUT2D eigenvalue weighted by Gasteiger charge is -2.29. The number of hydrogen-bond donors (Lipinski definition) is 2. The van der Waals surface area contributed by atoms with Crippen LogP contribution < -0.4 is 10.2 Å². The van der Waals surface area contributed by atoms with Crippen molar-refractivity contribution in [2.24, 2.45) is 0 Å². The number of fused-ring (bicyclic) bond motifs is 2. The van der Waals surface area contributed by atoms with E-state index in [0.717, 1.165) is 10.9 Å². The lowest BCUT2D eigenvalue weighted by molar-refractivity contribution is -0.139. The second kappa shape index (κ2) is 8.00. The first-order valence-electron chi connectivity index (χ1n) is 9.07. The number of anilines is 1. The highest BCUT2D eigenvalue weighted by molar-refractivity contribution is 6.30. The summed E-state index contributed by atoms with van der Waals surface area (Å²) in [5.74, 6) is -1.32. The molecule has 30 heavy (non-hydrogen) atoms. The summed E-state index contributed by atoms with van der Waals surface area (Å²) in [5, 5.41) is 3.72. The summed E-state index contributed by atoms with van der Waals surface area (Å²) in [4.78, 5) is 45.6. The standard InChI is InChI=1S/C21H17ClN4O4/c1-30-19(27)11-26-17-5-3-2-4-12(17)6-14(21(26)29)9-24-20(28)15-7-13-8-18(22)23-10-16(13)25-15/h2-5,7-10,25H,6,11H2,1H3,(H,24,28)/b14-9-. The topological polar surface area (TPSA) is 104 Å². The summed E-state index contributed by atoms with van der Waals surface area (Å²) >= 11 is 5.88. The second-order valence-electron chi connectivity index (χ2n) is 6.69. The highest BCUT2D eigenvalue weighted by Gasteiger charge is 2.30. The number of methoxy groups -OCH3 is 1. The van der Waals surface area contributed by atoms with Crippen LogP contribution in [-0.4, -0.2) is 41.4 Å². The first kappa shape index (κ1) is 19.7. The van der Waals surface area contributed by atoms with Crippen molar-refractivity contribution < 1.29 is 19.1 Å². The molecule has 0 unspecified atom stereocenters. The molecule has 0 aliphatic carbocycles. The zero-order valence-electron chi connectivity index (χ0n) is 15.9. The number of esters is 1. The van der Waals surface area contributed by atoms with Crippen molar-refractivity contribution >= 4 is 46.0 Å². The molecule has 2 N–H and O–H groups in total. The van der Waals surface area contributed by atoms with E-state index in [9.17, 15) is 14.4 Å². The molecular formula is C21H17ClN4O4. The predicted octanol–water partition coefficient (Wildman–Crippen LogP) is 2.59. The minimum atomic E-state index is -0.534.